The Balaban J connectivity index is 1.71. The molecule has 2 aromatic carbocycles. The monoisotopic (exact) mass is 508 g/mol. The third-order valence-electron chi connectivity index (χ3n) is 6.55. The second-order valence-corrected chi connectivity index (χ2v) is 9.47. The van der Waals surface area contributed by atoms with Crippen molar-refractivity contribution in [3.8, 4) is 5.75 Å². The number of halogens is 1. The molecule has 10 heteroatoms. The van der Waals surface area contributed by atoms with Gasteiger partial charge in [-0.1, -0.05) is 30.3 Å². The van der Waals surface area contributed by atoms with Crippen LogP contribution < -0.4 is 11.2 Å². The van der Waals surface area contributed by atoms with Gasteiger partial charge < -0.3 is 14.9 Å². The number of hydrogen-bond donors (Lipinski definition) is 1. The van der Waals surface area contributed by atoms with Crippen LogP contribution in [0.1, 0.15) is 58.8 Å². The summed E-state index contributed by atoms with van der Waals surface area (Å²) in [4.78, 5) is 55.4. The van der Waals surface area contributed by atoms with Crippen molar-refractivity contribution in [2.75, 3.05) is 20.1 Å². The van der Waals surface area contributed by atoms with Gasteiger partial charge in [0.05, 0.1) is 6.04 Å². The molecule has 37 heavy (non-hydrogen) atoms. The second kappa shape index (κ2) is 10.4. The maximum Gasteiger partial charge on any atom is 0.332 e. The highest BCUT2D eigenvalue weighted by atomic mass is 19.1. The van der Waals surface area contributed by atoms with E-state index in [1.807, 2.05) is 6.07 Å². The fourth-order valence-corrected chi connectivity index (χ4v) is 4.61. The highest BCUT2D eigenvalue weighted by Crippen LogP contribution is 2.28. The first-order valence-electron chi connectivity index (χ1n) is 12.0. The summed E-state index contributed by atoms with van der Waals surface area (Å²) in [5.41, 5.74) is -0.827. The number of carbonyl (C=O) groups is 2. The Morgan fingerprint density at radius 2 is 1.73 bits per heavy atom. The molecule has 0 radical (unpaired) electrons. The van der Waals surface area contributed by atoms with Crippen molar-refractivity contribution < 1.29 is 19.1 Å². The summed E-state index contributed by atoms with van der Waals surface area (Å²) in [6.07, 6.45) is 0.283. The van der Waals surface area contributed by atoms with Crippen LogP contribution in [0.5, 0.6) is 5.75 Å². The van der Waals surface area contributed by atoms with Crippen molar-refractivity contribution in [1.82, 2.24) is 18.9 Å². The van der Waals surface area contributed by atoms with Gasteiger partial charge in [0, 0.05) is 38.3 Å². The van der Waals surface area contributed by atoms with Crippen LogP contribution in [-0.4, -0.2) is 56.0 Å². The normalized spacial score (nSPS) is 15.1. The molecule has 0 fully saturated rings. The van der Waals surface area contributed by atoms with Gasteiger partial charge in [0.1, 0.15) is 5.82 Å². The van der Waals surface area contributed by atoms with Gasteiger partial charge in [0.2, 0.25) is 5.75 Å². The van der Waals surface area contributed by atoms with Gasteiger partial charge in [-0.05, 0) is 50.1 Å². The van der Waals surface area contributed by atoms with Gasteiger partial charge in [-0.3, -0.25) is 23.5 Å². The average Bonchev–Trinajstić information content (AvgIpc) is 2.88. The quantitative estimate of drug-likeness (QED) is 0.529. The van der Waals surface area contributed by atoms with E-state index in [4.69, 9.17) is 0 Å². The maximum atomic E-state index is 13.4. The molecule has 1 aromatic heterocycles. The summed E-state index contributed by atoms with van der Waals surface area (Å²) < 4.78 is 15.5. The van der Waals surface area contributed by atoms with E-state index in [0.29, 0.717) is 11.1 Å². The topological polar surface area (TPSA) is 105 Å². The van der Waals surface area contributed by atoms with Crippen LogP contribution in [-0.2, 0) is 6.54 Å². The number of aromatic hydroxyl groups is 1. The van der Waals surface area contributed by atoms with Gasteiger partial charge in [-0.15, -0.1) is 0 Å². The molecular weight excluding hydrogens is 479 g/mol. The molecule has 0 spiro atoms. The molecule has 0 saturated carbocycles. The molecular formula is C27H29FN4O5. The van der Waals surface area contributed by atoms with E-state index in [0.717, 1.165) is 4.57 Å². The van der Waals surface area contributed by atoms with E-state index >= 15 is 0 Å². The van der Waals surface area contributed by atoms with Gasteiger partial charge in [-0.2, -0.15) is 0 Å². The molecule has 3 aromatic rings. The van der Waals surface area contributed by atoms with Crippen LogP contribution in [0, 0.1) is 5.82 Å². The average molecular weight is 509 g/mol. The smallest absolute Gasteiger partial charge is 0.332 e. The molecule has 1 aliphatic heterocycles. The lowest BCUT2D eigenvalue weighted by molar-refractivity contribution is 0.0611. The summed E-state index contributed by atoms with van der Waals surface area (Å²) in [7, 11) is 1.65. The van der Waals surface area contributed by atoms with Gasteiger partial charge >= 0.3 is 5.69 Å². The predicted octanol–water partition coefficient (Wildman–Crippen LogP) is 2.80. The molecule has 2 heterocycles. The molecule has 9 nitrogen and oxygen atoms in total. The molecule has 1 unspecified atom stereocenters. The number of amides is 2. The fourth-order valence-electron chi connectivity index (χ4n) is 4.61. The molecule has 2 amide bonds. The predicted molar refractivity (Wildman–Crippen MR) is 135 cm³/mol. The van der Waals surface area contributed by atoms with E-state index in [1.54, 1.807) is 57.3 Å². The van der Waals surface area contributed by atoms with Crippen LogP contribution in [0.15, 0.2) is 64.2 Å². The van der Waals surface area contributed by atoms with Gasteiger partial charge in [-0.25, -0.2) is 9.18 Å². The lowest BCUT2D eigenvalue weighted by atomic mass is 10.1. The molecule has 194 valence electrons. The molecule has 0 bridgehead atoms. The molecule has 0 aliphatic carbocycles. The van der Waals surface area contributed by atoms with Crippen molar-refractivity contribution in [3.63, 3.8) is 0 Å². The first-order chi connectivity index (χ1) is 17.6. The number of aromatic nitrogens is 2. The molecule has 1 aliphatic rings. The second-order valence-electron chi connectivity index (χ2n) is 9.47. The highest BCUT2D eigenvalue weighted by Gasteiger charge is 2.37. The number of rotatable bonds is 7. The Morgan fingerprint density at radius 3 is 2.35 bits per heavy atom. The van der Waals surface area contributed by atoms with Crippen LogP contribution in [0.4, 0.5) is 4.39 Å². The van der Waals surface area contributed by atoms with E-state index in [1.165, 1.54) is 26.5 Å². The fraction of sp³-hybridized carbons (Fsp3) is 0.333. The summed E-state index contributed by atoms with van der Waals surface area (Å²) in [6.45, 7) is 3.73. The third-order valence-corrected chi connectivity index (χ3v) is 6.55. The van der Waals surface area contributed by atoms with Crippen LogP contribution in [0.2, 0.25) is 0 Å². The zero-order valence-electron chi connectivity index (χ0n) is 20.9. The van der Waals surface area contributed by atoms with Crippen molar-refractivity contribution in [3.05, 3.63) is 98.1 Å². The molecule has 0 saturated heterocycles. The minimum Gasteiger partial charge on any atom is -0.501 e. The zero-order valence-corrected chi connectivity index (χ0v) is 20.9. The van der Waals surface area contributed by atoms with E-state index in [-0.39, 0.29) is 37.7 Å². The zero-order chi connectivity index (χ0) is 26.9. The van der Waals surface area contributed by atoms with Crippen molar-refractivity contribution >= 4 is 11.8 Å². The van der Waals surface area contributed by atoms with E-state index < -0.39 is 40.8 Å². The first-order valence-corrected chi connectivity index (χ1v) is 12.0. The Bertz CT molecular complexity index is 1430. The Labute approximate surface area is 213 Å². The third kappa shape index (κ3) is 5.04. The van der Waals surface area contributed by atoms with Crippen LogP contribution in [0.3, 0.4) is 0 Å². The SMILES string of the molecule is CC(C)n1c(=O)c(O)c2n(c1=O)C(CCN(C)C(=O)c1ccccc1)CN(Cc1ccc(F)cc1)C2=O. The van der Waals surface area contributed by atoms with Crippen LogP contribution in [0.25, 0.3) is 0 Å². The number of carbonyl (C=O) groups excluding carboxylic acids is 2. The van der Waals surface area contributed by atoms with E-state index in [2.05, 4.69) is 0 Å². The van der Waals surface area contributed by atoms with Gasteiger partial charge in [0.15, 0.2) is 5.69 Å². The molecule has 1 atom stereocenters. The van der Waals surface area contributed by atoms with Crippen molar-refractivity contribution in [2.45, 2.75) is 38.9 Å². The summed E-state index contributed by atoms with van der Waals surface area (Å²) in [6, 6.07) is 13.3. The minimum absolute atomic E-state index is 0.0926. The number of nitrogens with zero attached hydrogens (tertiary/aromatic N) is 4. The Hall–Kier alpha value is -4.21. The largest absolute Gasteiger partial charge is 0.501 e. The molecule has 4 rings (SSSR count). The van der Waals surface area contributed by atoms with Crippen LogP contribution >= 0.6 is 0 Å². The summed E-state index contributed by atoms with van der Waals surface area (Å²) >= 11 is 0. The Kier molecular flexibility index (Phi) is 7.28. The maximum absolute atomic E-state index is 13.4. The van der Waals surface area contributed by atoms with Crippen molar-refractivity contribution in [2.24, 2.45) is 0 Å². The number of fused-ring (bicyclic) bond motifs is 1. The summed E-state index contributed by atoms with van der Waals surface area (Å²) in [5, 5.41) is 10.8. The molecule has 1 N–H and O–H groups in total. The number of hydrogen-bond acceptors (Lipinski definition) is 5. The highest BCUT2D eigenvalue weighted by molar-refractivity contribution is 5.96. The van der Waals surface area contributed by atoms with Crippen molar-refractivity contribution in [1.29, 1.82) is 0 Å². The van der Waals surface area contributed by atoms with E-state index in [9.17, 15) is 28.7 Å². The minimum atomic E-state index is -0.932. The lowest BCUT2D eigenvalue weighted by Gasteiger charge is -2.37. The first kappa shape index (κ1) is 25.9. The lowest BCUT2D eigenvalue weighted by Crippen LogP contribution is -2.52. The van der Waals surface area contributed by atoms with Gasteiger partial charge in [0.25, 0.3) is 17.4 Å². The standard InChI is InChI=1S/C27H29FN4O5/c1-17(2)31-26(36)23(33)22-25(35)30(15-18-9-11-20(28)12-10-18)16-21(32(22)27(31)37)13-14-29(3)24(34)19-7-5-4-6-8-19/h4-12,17,21,33H,13-16H2,1-3H3. The Morgan fingerprint density at radius 1 is 1.08 bits per heavy atom. The number of benzene rings is 2. The summed E-state index contributed by atoms with van der Waals surface area (Å²) in [5.74, 6) is -2.07.